The predicted molar refractivity (Wildman–Crippen MR) is 185 cm³/mol. The molecule has 0 unspecified atom stereocenters. The van der Waals surface area contributed by atoms with E-state index in [1.165, 1.54) is 4.57 Å². The van der Waals surface area contributed by atoms with E-state index >= 15 is 0 Å². The van der Waals surface area contributed by atoms with Crippen molar-refractivity contribution < 1.29 is 9.59 Å². The lowest BCUT2D eigenvalue weighted by Gasteiger charge is -2.15. The van der Waals surface area contributed by atoms with E-state index in [2.05, 4.69) is 19.9 Å². The van der Waals surface area contributed by atoms with Crippen LogP contribution in [0.15, 0.2) is 73.8 Å². The third-order valence-corrected chi connectivity index (χ3v) is 7.76. The Kier molecular flexibility index (Phi) is 11.1. The van der Waals surface area contributed by atoms with Crippen LogP contribution in [0, 0.1) is 27.7 Å². The van der Waals surface area contributed by atoms with E-state index in [9.17, 15) is 28.8 Å². The molecule has 5 aromatic rings. The number of nitrogens with one attached hydrogen (secondary N) is 3. The average Bonchev–Trinajstić information content (AvgIpc) is 3.00. The standard InChI is InChI=1S/C21H20ClN3O3.C15H16N2O3/c1-4-16-18(19(26)14-9-12(2)8-13(3)10-14)25(21(28)24-20(16)27)11-15-6-5-7-17(22)23-15;1-4-11-12(16-15(20)17-14(11)19)13(18)10-6-8(2)5-9(3)7-10/h5-10H,4,11H2,1-3H3,(H,24,27,28);5-7H,4H2,1-3H3,(H2,16,17,19,20). The highest BCUT2D eigenvalue weighted by molar-refractivity contribution is 6.29. The van der Waals surface area contributed by atoms with Crippen LogP contribution in [0.4, 0.5) is 0 Å². The summed E-state index contributed by atoms with van der Waals surface area (Å²) in [5.74, 6) is -0.703. The minimum Gasteiger partial charge on any atom is -0.304 e. The zero-order chi connectivity index (χ0) is 35.3. The number of rotatable bonds is 8. The zero-order valence-electron chi connectivity index (χ0n) is 27.5. The summed E-state index contributed by atoms with van der Waals surface area (Å²) in [7, 11) is 0. The molecule has 2 aromatic carbocycles. The molecular weight excluding hydrogens is 634 g/mol. The van der Waals surface area contributed by atoms with E-state index in [4.69, 9.17) is 11.6 Å². The summed E-state index contributed by atoms with van der Waals surface area (Å²) in [4.78, 5) is 85.0. The van der Waals surface area contributed by atoms with Crippen molar-refractivity contribution >= 4 is 23.2 Å². The molecule has 11 nitrogen and oxygen atoms in total. The molecule has 0 aliphatic rings. The van der Waals surface area contributed by atoms with Gasteiger partial charge in [-0.05, 0) is 76.9 Å². The Balaban J connectivity index is 0.000000229. The Hall–Kier alpha value is -5.42. The van der Waals surface area contributed by atoms with Gasteiger partial charge in [-0.3, -0.25) is 33.7 Å². The lowest BCUT2D eigenvalue weighted by molar-refractivity contribution is 0.102. The van der Waals surface area contributed by atoms with Crippen molar-refractivity contribution in [1.29, 1.82) is 0 Å². The molecule has 5 rings (SSSR count). The smallest absolute Gasteiger partial charge is 0.304 e. The minimum absolute atomic E-state index is 0.0229. The summed E-state index contributed by atoms with van der Waals surface area (Å²) in [6.45, 7) is 11.1. The van der Waals surface area contributed by atoms with Crippen LogP contribution in [-0.4, -0.2) is 36.1 Å². The van der Waals surface area contributed by atoms with Crippen LogP contribution in [0.1, 0.15) is 85.0 Å². The van der Waals surface area contributed by atoms with Gasteiger partial charge in [0.2, 0.25) is 11.6 Å². The van der Waals surface area contributed by atoms with E-state index in [-0.39, 0.29) is 40.2 Å². The van der Waals surface area contributed by atoms with Crippen molar-refractivity contribution in [3.63, 3.8) is 0 Å². The monoisotopic (exact) mass is 669 g/mol. The lowest BCUT2D eigenvalue weighted by Crippen LogP contribution is -2.37. The van der Waals surface area contributed by atoms with E-state index in [1.54, 1.807) is 56.3 Å². The number of carbonyl (C=O) groups excluding carboxylic acids is 2. The molecule has 0 amide bonds. The third-order valence-electron chi connectivity index (χ3n) is 7.55. The van der Waals surface area contributed by atoms with Crippen molar-refractivity contribution in [3.8, 4) is 0 Å². The highest BCUT2D eigenvalue weighted by Crippen LogP contribution is 2.17. The van der Waals surface area contributed by atoms with Crippen LogP contribution in [0.2, 0.25) is 5.15 Å². The predicted octanol–water partition coefficient (Wildman–Crippen LogP) is 4.52. The van der Waals surface area contributed by atoms with Crippen molar-refractivity contribution in [3.05, 3.63) is 163 Å². The molecule has 0 saturated carbocycles. The molecule has 0 fully saturated rings. The van der Waals surface area contributed by atoms with Gasteiger partial charge in [0.1, 0.15) is 10.8 Å². The summed E-state index contributed by atoms with van der Waals surface area (Å²) in [6.07, 6.45) is 0.683. The Bertz CT molecular complexity index is 2240. The number of carbonyl (C=O) groups is 2. The largest absolute Gasteiger partial charge is 0.329 e. The minimum atomic E-state index is -0.667. The molecule has 0 atom stereocenters. The van der Waals surface area contributed by atoms with Gasteiger partial charge in [-0.15, -0.1) is 0 Å². The molecule has 3 N–H and O–H groups in total. The van der Waals surface area contributed by atoms with Gasteiger partial charge >= 0.3 is 11.4 Å². The fourth-order valence-corrected chi connectivity index (χ4v) is 5.77. The topological polar surface area (TPSA) is 168 Å². The Morgan fingerprint density at radius 3 is 1.75 bits per heavy atom. The first-order valence-corrected chi connectivity index (χ1v) is 15.7. The number of hydrogen-bond donors (Lipinski definition) is 3. The van der Waals surface area contributed by atoms with Gasteiger partial charge in [0.15, 0.2) is 0 Å². The number of benzene rings is 2. The first-order chi connectivity index (χ1) is 22.7. The van der Waals surface area contributed by atoms with Gasteiger partial charge < -0.3 is 4.98 Å². The average molecular weight is 670 g/mol. The second-order valence-electron chi connectivity index (χ2n) is 11.5. The Morgan fingerprint density at radius 1 is 0.708 bits per heavy atom. The van der Waals surface area contributed by atoms with Crippen LogP contribution in [0.25, 0.3) is 0 Å². The maximum Gasteiger partial charge on any atom is 0.329 e. The first-order valence-electron chi connectivity index (χ1n) is 15.3. The van der Waals surface area contributed by atoms with Crippen molar-refractivity contribution in [2.45, 2.75) is 60.9 Å². The number of pyridine rings is 1. The highest BCUT2D eigenvalue weighted by Gasteiger charge is 2.23. The molecule has 0 aliphatic carbocycles. The van der Waals surface area contributed by atoms with E-state index in [0.717, 1.165) is 22.3 Å². The van der Waals surface area contributed by atoms with Gasteiger partial charge in [-0.25, -0.2) is 14.6 Å². The van der Waals surface area contributed by atoms with E-state index in [1.807, 2.05) is 39.8 Å². The molecule has 3 heterocycles. The van der Waals surface area contributed by atoms with Gasteiger partial charge in [0.25, 0.3) is 11.1 Å². The van der Waals surface area contributed by atoms with Crippen molar-refractivity contribution in [1.82, 2.24) is 24.5 Å². The number of aromatic amines is 3. The second-order valence-corrected chi connectivity index (χ2v) is 11.9. The molecule has 48 heavy (non-hydrogen) atoms. The Labute approximate surface area is 280 Å². The molecule has 0 saturated heterocycles. The molecule has 12 heteroatoms. The van der Waals surface area contributed by atoms with Crippen molar-refractivity contribution in [2.75, 3.05) is 0 Å². The van der Waals surface area contributed by atoms with E-state index < -0.39 is 22.5 Å². The summed E-state index contributed by atoms with van der Waals surface area (Å²) < 4.78 is 1.26. The SMILES string of the molecule is CCc1c(C(=O)c2cc(C)cc(C)c2)[nH]c(=O)[nH]c1=O.CCc1c(C(=O)c2cc(C)cc(C)c2)n(Cc2cccc(Cl)n2)c(=O)[nH]c1=O. The van der Waals surface area contributed by atoms with Gasteiger partial charge in [0.05, 0.1) is 17.9 Å². The number of ketones is 2. The third kappa shape index (κ3) is 8.10. The normalized spacial score (nSPS) is 10.7. The second kappa shape index (κ2) is 15.0. The molecule has 248 valence electrons. The molecule has 0 spiro atoms. The number of H-pyrrole nitrogens is 3. The fraction of sp³-hybridized carbons (Fsp3) is 0.250. The summed E-state index contributed by atoms with van der Waals surface area (Å²) >= 11 is 5.94. The zero-order valence-corrected chi connectivity index (χ0v) is 28.3. The van der Waals surface area contributed by atoms with Gasteiger partial charge in [0, 0.05) is 22.3 Å². The fourth-order valence-electron chi connectivity index (χ4n) is 5.59. The lowest BCUT2D eigenvalue weighted by atomic mass is 9.99. The van der Waals surface area contributed by atoms with Crippen LogP contribution >= 0.6 is 11.6 Å². The summed E-state index contributed by atoms with van der Waals surface area (Å²) in [5, 5.41) is 0.285. The summed E-state index contributed by atoms with van der Waals surface area (Å²) in [5.41, 5.74) is 3.54. The maximum absolute atomic E-state index is 13.4. The molecular formula is C36H36ClN5O6. The molecule has 0 bridgehead atoms. The van der Waals surface area contributed by atoms with Crippen LogP contribution < -0.4 is 22.5 Å². The first kappa shape index (κ1) is 35.4. The molecule has 0 aliphatic heterocycles. The highest BCUT2D eigenvalue weighted by atomic mass is 35.5. The number of aromatic nitrogens is 5. The van der Waals surface area contributed by atoms with Crippen LogP contribution in [0.3, 0.4) is 0 Å². The van der Waals surface area contributed by atoms with Gasteiger partial charge in [-0.1, -0.05) is 65.9 Å². The molecule has 0 radical (unpaired) electrons. The number of halogens is 1. The number of aryl methyl sites for hydroxylation is 4. The summed E-state index contributed by atoms with van der Waals surface area (Å²) in [6, 6.07) is 16.0. The quantitative estimate of drug-likeness (QED) is 0.161. The number of hydrogen-bond acceptors (Lipinski definition) is 7. The maximum atomic E-state index is 13.4. The molecule has 3 aromatic heterocycles. The van der Waals surface area contributed by atoms with Gasteiger partial charge in [-0.2, -0.15) is 0 Å². The van der Waals surface area contributed by atoms with Crippen molar-refractivity contribution in [2.24, 2.45) is 0 Å². The van der Waals surface area contributed by atoms with Crippen LogP contribution in [-0.2, 0) is 19.4 Å². The number of nitrogens with zero attached hydrogens (tertiary/aromatic N) is 2. The van der Waals surface area contributed by atoms with E-state index in [0.29, 0.717) is 35.2 Å². The Morgan fingerprint density at radius 2 is 1.23 bits per heavy atom. The van der Waals surface area contributed by atoms with Crippen LogP contribution in [0.5, 0.6) is 0 Å².